The van der Waals surface area contributed by atoms with E-state index in [1.54, 1.807) is 11.0 Å². The van der Waals surface area contributed by atoms with Crippen LogP contribution in [0.3, 0.4) is 0 Å². The zero-order valence-electron chi connectivity index (χ0n) is 10.6. The summed E-state index contributed by atoms with van der Waals surface area (Å²) in [5.74, 6) is -0.124. The monoisotopic (exact) mass is 279 g/mol. The van der Waals surface area contributed by atoms with Gasteiger partial charge in [-0.2, -0.15) is 0 Å². The fraction of sp³-hybridized carbons (Fsp3) is 0.429. The average Bonchev–Trinajstić information content (AvgIpc) is 2.43. The van der Waals surface area contributed by atoms with Gasteiger partial charge in [0.25, 0.3) is 0 Å². The maximum atomic E-state index is 12.1. The fourth-order valence-electron chi connectivity index (χ4n) is 2.44. The molecule has 2 N–H and O–H groups in total. The third-order valence-electron chi connectivity index (χ3n) is 3.33. The number of rotatable bonds is 4. The molecule has 0 aliphatic carbocycles. The van der Waals surface area contributed by atoms with Crippen molar-refractivity contribution in [3.63, 3.8) is 0 Å². The predicted molar refractivity (Wildman–Crippen MR) is 72.6 cm³/mol. The van der Waals surface area contributed by atoms with Crippen LogP contribution in [0.4, 0.5) is 0 Å². The number of nitrogens with zero attached hydrogens (tertiary/aromatic N) is 1. The summed E-state index contributed by atoms with van der Waals surface area (Å²) in [5, 5.41) is 0. The number of nitrogens with two attached hydrogens (primary N) is 1. The Labute approximate surface area is 117 Å². The Kier molecular flexibility index (Phi) is 4.43. The summed E-state index contributed by atoms with van der Waals surface area (Å²) in [7, 11) is 0. The Bertz CT molecular complexity index is 490. The molecule has 1 aromatic carbocycles. The molecule has 0 fully saturated rings. The lowest BCUT2D eigenvalue weighted by Gasteiger charge is -2.35. The van der Waals surface area contributed by atoms with Crippen molar-refractivity contribution in [3.05, 3.63) is 35.4 Å². The van der Waals surface area contributed by atoms with Crippen molar-refractivity contribution in [2.24, 2.45) is 5.73 Å². The molecule has 4 nitrogen and oxygen atoms in total. The second-order valence-corrected chi connectivity index (χ2v) is 4.94. The molecule has 1 radical (unpaired) electrons. The van der Waals surface area contributed by atoms with E-state index in [4.69, 9.17) is 17.3 Å². The number of hydrogen-bond acceptors (Lipinski definition) is 2. The van der Waals surface area contributed by atoms with Crippen LogP contribution in [0, 0.1) is 6.07 Å². The van der Waals surface area contributed by atoms with Gasteiger partial charge < -0.3 is 10.6 Å². The second kappa shape index (κ2) is 6.06. The van der Waals surface area contributed by atoms with Crippen LogP contribution in [0.25, 0.3) is 0 Å². The highest BCUT2D eigenvalue weighted by molar-refractivity contribution is 6.17. The first-order valence-electron chi connectivity index (χ1n) is 6.28. The van der Waals surface area contributed by atoms with Crippen LogP contribution in [0.15, 0.2) is 18.2 Å². The summed E-state index contributed by atoms with van der Waals surface area (Å²) in [6.45, 7) is 0.513. The van der Waals surface area contributed by atoms with Gasteiger partial charge in [-0.05, 0) is 30.0 Å². The van der Waals surface area contributed by atoms with Gasteiger partial charge in [0.1, 0.15) is 6.04 Å². The van der Waals surface area contributed by atoms with Crippen molar-refractivity contribution >= 4 is 23.4 Å². The van der Waals surface area contributed by atoms with E-state index in [9.17, 15) is 9.59 Å². The van der Waals surface area contributed by atoms with Gasteiger partial charge in [0, 0.05) is 18.8 Å². The molecular weight excluding hydrogens is 264 g/mol. The van der Waals surface area contributed by atoms with E-state index in [2.05, 4.69) is 6.07 Å². The van der Waals surface area contributed by atoms with Gasteiger partial charge in [-0.15, -0.1) is 11.6 Å². The number of benzene rings is 1. The summed E-state index contributed by atoms with van der Waals surface area (Å²) < 4.78 is 0. The number of primary amides is 1. The normalized spacial score (nSPS) is 17.9. The molecule has 2 amide bonds. The lowest BCUT2D eigenvalue weighted by Crippen LogP contribution is -2.45. The number of hydrogen-bond donors (Lipinski definition) is 1. The van der Waals surface area contributed by atoms with Crippen LogP contribution in [-0.2, 0) is 16.0 Å². The van der Waals surface area contributed by atoms with E-state index < -0.39 is 11.9 Å². The lowest BCUT2D eigenvalue weighted by molar-refractivity contribution is -0.140. The predicted octanol–water partition coefficient (Wildman–Crippen LogP) is 1.42. The second-order valence-electron chi connectivity index (χ2n) is 4.56. The molecular formula is C14H16ClN2O2. The van der Waals surface area contributed by atoms with Crippen LogP contribution in [0.1, 0.15) is 30.0 Å². The first-order chi connectivity index (χ1) is 9.15. The quantitative estimate of drug-likeness (QED) is 0.847. The van der Waals surface area contributed by atoms with Crippen molar-refractivity contribution < 1.29 is 9.59 Å². The largest absolute Gasteiger partial charge is 0.368 e. The van der Waals surface area contributed by atoms with Crippen LogP contribution in [-0.4, -0.2) is 29.1 Å². The van der Waals surface area contributed by atoms with Gasteiger partial charge in [0.2, 0.25) is 11.8 Å². The molecule has 5 heteroatoms. The number of alkyl halides is 1. The first-order valence-corrected chi connectivity index (χ1v) is 6.82. The SMILES string of the molecule is NC(=O)C1c2cc[c]cc2CCN1C(=O)CCCCl. The summed E-state index contributed by atoms with van der Waals surface area (Å²) in [5.41, 5.74) is 7.32. The summed E-state index contributed by atoms with van der Waals surface area (Å²) >= 11 is 5.60. The molecule has 1 unspecified atom stereocenters. The lowest BCUT2D eigenvalue weighted by atomic mass is 9.92. The van der Waals surface area contributed by atoms with E-state index in [0.717, 1.165) is 17.5 Å². The van der Waals surface area contributed by atoms with E-state index in [-0.39, 0.29) is 5.91 Å². The van der Waals surface area contributed by atoms with Gasteiger partial charge in [0.05, 0.1) is 0 Å². The molecule has 1 aliphatic heterocycles. The third-order valence-corrected chi connectivity index (χ3v) is 3.60. The Morgan fingerprint density at radius 1 is 1.53 bits per heavy atom. The van der Waals surface area contributed by atoms with Crippen molar-refractivity contribution in [2.45, 2.75) is 25.3 Å². The Morgan fingerprint density at radius 2 is 2.32 bits per heavy atom. The highest BCUT2D eigenvalue weighted by Gasteiger charge is 2.33. The molecule has 0 bridgehead atoms. The number of carbonyl (C=O) groups is 2. The van der Waals surface area contributed by atoms with E-state index >= 15 is 0 Å². The van der Waals surface area contributed by atoms with E-state index in [0.29, 0.717) is 25.3 Å². The maximum Gasteiger partial charge on any atom is 0.244 e. The Hall–Kier alpha value is -1.55. The molecule has 0 aromatic heterocycles. The Morgan fingerprint density at radius 3 is 3.00 bits per heavy atom. The zero-order valence-corrected chi connectivity index (χ0v) is 11.3. The summed E-state index contributed by atoms with van der Waals surface area (Å²) in [6.07, 6.45) is 1.68. The molecule has 2 rings (SSSR count). The van der Waals surface area contributed by atoms with E-state index in [1.165, 1.54) is 0 Å². The molecule has 1 heterocycles. The number of halogens is 1. The standard InChI is InChI=1S/C14H16ClN2O2/c15-8-3-6-12(18)17-9-7-10-4-1-2-5-11(10)13(17)14(16)19/h2,4-5,13H,3,6-9H2,(H2,16,19). The number of carbonyl (C=O) groups excluding carboxylic acids is 2. The molecule has 0 spiro atoms. The molecule has 1 aromatic rings. The van der Waals surface area contributed by atoms with Crippen molar-refractivity contribution in [3.8, 4) is 0 Å². The Balaban J connectivity index is 2.27. The molecule has 0 saturated carbocycles. The van der Waals surface area contributed by atoms with Crippen LogP contribution in [0.2, 0.25) is 0 Å². The minimum Gasteiger partial charge on any atom is -0.368 e. The number of amides is 2. The van der Waals surface area contributed by atoms with Gasteiger partial charge in [-0.3, -0.25) is 9.59 Å². The highest BCUT2D eigenvalue weighted by Crippen LogP contribution is 2.29. The minimum atomic E-state index is -0.666. The summed E-state index contributed by atoms with van der Waals surface area (Å²) in [6, 6.07) is 7.72. The minimum absolute atomic E-state index is 0.0667. The van der Waals surface area contributed by atoms with Gasteiger partial charge in [-0.1, -0.05) is 18.2 Å². The summed E-state index contributed by atoms with van der Waals surface area (Å²) in [4.78, 5) is 25.4. The molecule has 0 saturated heterocycles. The number of fused-ring (bicyclic) bond motifs is 1. The first kappa shape index (κ1) is 13.9. The smallest absolute Gasteiger partial charge is 0.244 e. The van der Waals surface area contributed by atoms with Crippen LogP contribution in [0.5, 0.6) is 0 Å². The molecule has 1 aliphatic rings. The van der Waals surface area contributed by atoms with E-state index in [1.807, 2.05) is 12.1 Å². The zero-order chi connectivity index (χ0) is 13.8. The van der Waals surface area contributed by atoms with Gasteiger partial charge in [0.15, 0.2) is 0 Å². The van der Waals surface area contributed by atoms with Crippen LogP contribution < -0.4 is 5.73 Å². The molecule has 19 heavy (non-hydrogen) atoms. The van der Waals surface area contributed by atoms with Crippen LogP contribution >= 0.6 is 11.6 Å². The van der Waals surface area contributed by atoms with Gasteiger partial charge >= 0.3 is 0 Å². The van der Waals surface area contributed by atoms with Crippen molar-refractivity contribution in [1.82, 2.24) is 4.90 Å². The maximum absolute atomic E-state index is 12.1. The average molecular weight is 280 g/mol. The van der Waals surface area contributed by atoms with Crippen molar-refractivity contribution in [1.29, 1.82) is 0 Å². The molecule has 101 valence electrons. The fourth-order valence-corrected chi connectivity index (χ4v) is 2.57. The third kappa shape index (κ3) is 2.89. The topological polar surface area (TPSA) is 63.4 Å². The molecule has 1 atom stereocenters. The van der Waals surface area contributed by atoms with Gasteiger partial charge in [-0.25, -0.2) is 0 Å². The highest BCUT2D eigenvalue weighted by atomic mass is 35.5. The van der Waals surface area contributed by atoms with Crippen molar-refractivity contribution in [2.75, 3.05) is 12.4 Å².